The Kier molecular flexibility index (Phi) is 6.98. The number of aromatic nitrogens is 2. The number of rotatable bonds is 8. The van der Waals surface area contributed by atoms with Crippen LogP contribution in [-0.4, -0.2) is 36.2 Å². The second-order valence-corrected chi connectivity index (χ2v) is 6.58. The molecule has 146 valence electrons. The van der Waals surface area contributed by atoms with Gasteiger partial charge in [0.1, 0.15) is 10.9 Å². The Labute approximate surface area is 163 Å². The lowest BCUT2D eigenvalue weighted by Crippen LogP contribution is -2.29. The van der Waals surface area contributed by atoms with Gasteiger partial charge in [0.15, 0.2) is 11.6 Å². The van der Waals surface area contributed by atoms with Gasteiger partial charge < -0.3 is 19.4 Å². The number of Topliss-reactive ketones (excluding diaryl/α,β-unsaturated/α-hetero) is 1. The van der Waals surface area contributed by atoms with E-state index in [1.165, 1.54) is 24.8 Å². The zero-order chi connectivity index (χ0) is 20.1. The molecule has 0 fully saturated rings. The van der Waals surface area contributed by atoms with Crippen molar-refractivity contribution in [1.29, 1.82) is 0 Å². The molecule has 1 aromatic heterocycles. The monoisotopic (exact) mass is 393 g/mol. The number of benzene rings is 1. The maximum absolute atomic E-state index is 12.9. The zero-order valence-corrected chi connectivity index (χ0v) is 16.9. The van der Waals surface area contributed by atoms with E-state index >= 15 is 0 Å². The first-order chi connectivity index (χ1) is 12.8. The van der Waals surface area contributed by atoms with E-state index in [0.717, 1.165) is 5.56 Å². The highest BCUT2D eigenvalue weighted by atomic mass is 35.5. The molecule has 1 unspecified atom stereocenters. The minimum absolute atomic E-state index is 0.0726. The second-order valence-electron chi connectivity index (χ2n) is 6.19. The van der Waals surface area contributed by atoms with Gasteiger partial charge >= 0.3 is 0 Å². The molecule has 0 saturated heterocycles. The first-order valence-corrected chi connectivity index (χ1v) is 8.94. The van der Waals surface area contributed by atoms with Gasteiger partial charge in [-0.1, -0.05) is 18.5 Å². The number of nitrogens with zero attached hydrogens (tertiary/aromatic N) is 2. The second kappa shape index (κ2) is 9.01. The Bertz CT molecular complexity index is 895. The van der Waals surface area contributed by atoms with E-state index in [0.29, 0.717) is 30.0 Å². The van der Waals surface area contributed by atoms with Gasteiger partial charge in [0.25, 0.3) is 5.56 Å². The van der Waals surface area contributed by atoms with Crippen molar-refractivity contribution in [2.24, 2.45) is 0 Å². The van der Waals surface area contributed by atoms with Crippen molar-refractivity contribution in [2.45, 2.75) is 33.2 Å². The Morgan fingerprint density at radius 2 is 2.07 bits per heavy atom. The lowest BCUT2D eigenvalue weighted by molar-refractivity contribution is 0.101. The van der Waals surface area contributed by atoms with Gasteiger partial charge in [-0.2, -0.15) is 0 Å². The van der Waals surface area contributed by atoms with E-state index in [2.05, 4.69) is 10.3 Å². The number of halogens is 1. The van der Waals surface area contributed by atoms with Crippen LogP contribution in [-0.2, 0) is 4.74 Å². The zero-order valence-electron chi connectivity index (χ0n) is 16.1. The molecule has 0 aliphatic rings. The van der Waals surface area contributed by atoms with Crippen molar-refractivity contribution in [2.75, 3.05) is 26.1 Å². The van der Waals surface area contributed by atoms with Gasteiger partial charge in [0, 0.05) is 18.9 Å². The van der Waals surface area contributed by atoms with E-state index < -0.39 is 0 Å². The van der Waals surface area contributed by atoms with Gasteiger partial charge in [-0.3, -0.25) is 9.59 Å². The van der Waals surface area contributed by atoms with Crippen LogP contribution in [0.4, 0.5) is 11.5 Å². The lowest BCUT2D eigenvalue weighted by atomic mass is 10.1. The van der Waals surface area contributed by atoms with Gasteiger partial charge in [0.05, 0.1) is 25.4 Å². The Morgan fingerprint density at radius 3 is 2.63 bits per heavy atom. The summed E-state index contributed by atoms with van der Waals surface area (Å²) < 4.78 is 12.1. The average molecular weight is 394 g/mol. The quantitative estimate of drug-likeness (QED) is 0.687. The van der Waals surface area contributed by atoms with Crippen LogP contribution in [0, 0.1) is 6.92 Å². The summed E-state index contributed by atoms with van der Waals surface area (Å²) in [6.45, 7) is 5.65. The van der Waals surface area contributed by atoms with Crippen molar-refractivity contribution < 1.29 is 14.3 Å². The van der Waals surface area contributed by atoms with Crippen LogP contribution < -0.4 is 15.6 Å². The number of ether oxygens (including phenoxy) is 2. The number of hydrogen-bond acceptors (Lipinski definition) is 6. The third-order valence-electron chi connectivity index (χ3n) is 4.29. The SMILES string of the molecule is CCC(COC)n1cc(Cl)nc(Nc2c(C)cc(C(C)=O)cc2OC)c1=O. The highest BCUT2D eigenvalue weighted by Crippen LogP contribution is 2.32. The molecule has 0 aliphatic heterocycles. The van der Waals surface area contributed by atoms with Gasteiger partial charge in [-0.15, -0.1) is 0 Å². The van der Waals surface area contributed by atoms with Gasteiger partial charge in [-0.05, 0) is 38.0 Å². The summed E-state index contributed by atoms with van der Waals surface area (Å²) in [4.78, 5) is 28.7. The van der Waals surface area contributed by atoms with Crippen molar-refractivity contribution in [1.82, 2.24) is 9.55 Å². The van der Waals surface area contributed by atoms with Gasteiger partial charge in [-0.25, -0.2) is 4.98 Å². The fourth-order valence-corrected chi connectivity index (χ4v) is 3.01. The minimum Gasteiger partial charge on any atom is -0.495 e. The molecule has 8 heteroatoms. The maximum atomic E-state index is 12.9. The molecule has 0 aliphatic carbocycles. The molecular formula is C19H24ClN3O4. The molecule has 0 spiro atoms. The molecule has 7 nitrogen and oxygen atoms in total. The normalized spacial score (nSPS) is 11.9. The smallest absolute Gasteiger partial charge is 0.294 e. The van der Waals surface area contributed by atoms with Crippen LogP contribution in [0.5, 0.6) is 5.75 Å². The van der Waals surface area contributed by atoms with Crippen molar-refractivity contribution in [3.05, 3.63) is 45.0 Å². The number of nitrogens with one attached hydrogen (secondary N) is 1. The molecule has 2 aromatic rings. The summed E-state index contributed by atoms with van der Waals surface area (Å²) >= 11 is 6.14. The highest BCUT2D eigenvalue weighted by molar-refractivity contribution is 6.29. The molecule has 1 N–H and O–H groups in total. The minimum atomic E-state index is -0.319. The van der Waals surface area contributed by atoms with Crippen LogP contribution in [0.25, 0.3) is 0 Å². The third-order valence-corrected chi connectivity index (χ3v) is 4.48. The first kappa shape index (κ1) is 20.9. The largest absolute Gasteiger partial charge is 0.495 e. The van der Waals surface area contributed by atoms with E-state index in [1.807, 2.05) is 13.8 Å². The Balaban J connectivity index is 2.54. The number of hydrogen-bond donors (Lipinski definition) is 1. The number of aryl methyl sites for hydroxylation is 1. The summed E-state index contributed by atoms with van der Waals surface area (Å²) in [5.74, 6) is 0.447. The third kappa shape index (κ3) is 4.67. The van der Waals surface area contributed by atoms with Crippen LogP contribution in [0.3, 0.4) is 0 Å². The van der Waals surface area contributed by atoms with Crippen molar-refractivity contribution in [3.63, 3.8) is 0 Å². The summed E-state index contributed by atoms with van der Waals surface area (Å²) in [7, 11) is 3.08. The Morgan fingerprint density at radius 1 is 1.37 bits per heavy atom. The standard InChI is InChI=1S/C19H24ClN3O4/c1-6-14(10-26-4)23-9-16(20)21-18(19(23)25)22-17-11(2)7-13(12(3)24)8-15(17)27-5/h7-9,14H,6,10H2,1-5H3,(H,21,22). The fraction of sp³-hybridized carbons (Fsp3) is 0.421. The predicted molar refractivity (Wildman–Crippen MR) is 106 cm³/mol. The Hall–Kier alpha value is -2.38. The van der Waals surface area contributed by atoms with Crippen LogP contribution >= 0.6 is 11.6 Å². The molecule has 0 bridgehead atoms. The average Bonchev–Trinajstić information content (AvgIpc) is 2.63. The van der Waals surface area contributed by atoms with Crippen LogP contribution in [0.1, 0.15) is 42.2 Å². The maximum Gasteiger partial charge on any atom is 0.294 e. The molecule has 0 radical (unpaired) electrons. The van der Waals surface area contributed by atoms with Gasteiger partial charge in [0.2, 0.25) is 0 Å². The number of anilines is 2. The molecule has 1 heterocycles. The number of methoxy groups -OCH3 is 2. The fourth-order valence-electron chi connectivity index (χ4n) is 2.82. The number of carbonyl (C=O) groups excluding carboxylic acids is 1. The summed E-state index contributed by atoms with van der Waals surface area (Å²) in [5.41, 5.74) is 1.51. The molecule has 27 heavy (non-hydrogen) atoms. The predicted octanol–water partition coefficient (Wildman–Crippen LogP) is 3.76. The lowest BCUT2D eigenvalue weighted by Gasteiger charge is -2.19. The van der Waals surface area contributed by atoms with Crippen molar-refractivity contribution >= 4 is 28.9 Å². The van der Waals surface area contributed by atoms with E-state index in [1.54, 1.807) is 19.2 Å². The molecule has 0 amide bonds. The molecular weight excluding hydrogens is 370 g/mol. The molecule has 1 aromatic carbocycles. The van der Waals surface area contributed by atoms with E-state index in [-0.39, 0.29) is 28.4 Å². The van der Waals surface area contributed by atoms with Crippen molar-refractivity contribution in [3.8, 4) is 5.75 Å². The van der Waals surface area contributed by atoms with E-state index in [9.17, 15) is 9.59 Å². The van der Waals surface area contributed by atoms with Crippen LogP contribution in [0.2, 0.25) is 5.15 Å². The van der Waals surface area contributed by atoms with Crippen LogP contribution in [0.15, 0.2) is 23.1 Å². The molecule has 0 saturated carbocycles. The van der Waals surface area contributed by atoms with E-state index in [4.69, 9.17) is 21.1 Å². The number of ketones is 1. The molecule has 2 rings (SSSR count). The summed E-state index contributed by atoms with van der Waals surface area (Å²) in [5, 5.41) is 3.21. The number of carbonyl (C=O) groups is 1. The first-order valence-electron chi connectivity index (χ1n) is 8.56. The summed E-state index contributed by atoms with van der Waals surface area (Å²) in [6.07, 6.45) is 2.20. The topological polar surface area (TPSA) is 82.4 Å². The summed E-state index contributed by atoms with van der Waals surface area (Å²) in [6, 6.07) is 3.20. The highest BCUT2D eigenvalue weighted by Gasteiger charge is 2.18. The molecule has 1 atom stereocenters.